The van der Waals surface area contributed by atoms with Gasteiger partial charge in [-0.3, -0.25) is 4.79 Å². The number of halogens is 1. The zero-order chi connectivity index (χ0) is 20.3. The van der Waals surface area contributed by atoms with E-state index in [0.717, 1.165) is 51.9 Å². The fourth-order valence-electron chi connectivity index (χ4n) is 3.85. The van der Waals surface area contributed by atoms with Crippen LogP contribution < -0.4 is 4.90 Å². The van der Waals surface area contributed by atoms with Crippen LogP contribution in [0.3, 0.4) is 0 Å². The first-order valence-corrected chi connectivity index (χ1v) is 10.6. The normalized spacial score (nSPS) is 16.6. The van der Waals surface area contributed by atoms with Crippen LogP contribution in [0.4, 0.5) is 11.4 Å². The molecule has 30 heavy (non-hydrogen) atoms. The van der Waals surface area contributed by atoms with E-state index in [-0.39, 0.29) is 18.3 Å². The highest BCUT2D eigenvalue weighted by atomic mass is 35.5. The molecule has 164 valence electrons. The van der Waals surface area contributed by atoms with Gasteiger partial charge >= 0.3 is 5.97 Å². The molecule has 0 amide bonds. The Labute approximate surface area is 186 Å². The van der Waals surface area contributed by atoms with Gasteiger partial charge in [0.05, 0.1) is 12.5 Å². The molecule has 0 radical (unpaired) electrons. The molecule has 0 bridgehead atoms. The molecule has 1 aliphatic rings. The Morgan fingerprint density at radius 2 is 1.63 bits per heavy atom. The summed E-state index contributed by atoms with van der Waals surface area (Å²) in [5, 5.41) is 9.17. The lowest BCUT2D eigenvalue weighted by Crippen LogP contribution is -2.40. The van der Waals surface area contributed by atoms with Crippen molar-refractivity contribution in [2.24, 2.45) is 5.92 Å². The van der Waals surface area contributed by atoms with Gasteiger partial charge < -0.3 is 19.6 Å². The van der Waals surface area contributed by atoms with E-state index in [2.05, 4.69) is 58.3 Å². The van der Waals surface area contributed by atoms with Crippen LogP contribution in [-0.4, -0.2) is 55.4 Å². The summed E-state index contributed by atoms with van der Waals surface area (Å²) < 4.78 is 5.82. The van der Waals surface area contributed by atoms with E-state index in [9.17, 15) is 9.90 Å². The van der Waals surface area contributed by atoms with Gasteiger partial charge in [-0.1, -0.05) is 36.4 Å². The quantitative estimate of drug-likeness (QED) is 0.515. The minimum Gasteiger partial charge on any atom is -0.481 e. The fraction of sp³-hybridized carbons (Fsp3) is 0.458. The van der Waals surface area contributed by atoms with E-state index < -0.39 is 5.97 Å². The Morgan fingerprint density at radius 3 is 2.23 bits per heavy atom. The molecule has 1 heterocycles. The predicted octanol–water partition coefficient (Wildman–Crippen LogP) is 4.84. The van der Waals surface area contributed by atoms with Crippen molar-refractivity contribution in [2.75, 3.05) is 44.3 Å². The maximum atomic E-state index is 11.1. The molecule has 0 aliphatic carbocycles. The van der Waals surface area contributed by atoms with Crippen LogP contribution in [0.2, 0.25) is 0 Å². The number of carbonyl (C=O) groups is 1. The van der Waals surface area contributed by atoms with Gasteiger partial charge in [-0.2, -0.15) is 0 Å². The summed E-state index contributed by atoms with van der Waals surface area (Å²) in [5.74, 6) is -0.886. The first-order valence-electron chi connectivity index (χ1n) is 10.6. The minimum atomic E-state index is -0.669. The molecule has 0 unspecified atom stereocenters. The number of hydrogen-bond acceptors (Lipinski definition) is 4. The average molecular weight is 433 g/mol. The number of rotatable bonds is 11. The minimum absolute atomic E-state index is 0. The second-order valence-corrected chi connectivity index (χ2v) is 7.62. The summed E-state index contributed by atoms with van der Waals surface area (Å²) in [6.07, 6.45) is 3.82. The van der Waals surface area contributed by atoms with E-state index in [1.165, 1.54) is 11.4 Å². The molecule has 0 spiro atoms. The first-order chi connectivity index (χ1) is 14.2. The van der Waals surface area contributed by atoms with Crippen molar-refractivity contribution in [3.05, 3.63) is 60.7 Å². The first kappa shape index (κ1) is 24.2. The molecule has 6 heteroatoms. The molecular formula is C24H33ClN2O3. The number of anilines is 2. The Kier molecular flexibility index (Phi) is 10.7. The molecule has 0 aromatic heterocycles. The lowest BCUT2D eigenvalue weighted by atomic mass is 9.98. The molecule has 1 aliphatic heterocycles. The summed E-state index contributed by atoms with van der Waals surface area (Å²) >= 11 is 0. The molecule has 1 fully saturated rings. The van der Waals surface area contributed by atoms with Crippen molar-refractivity contribution in [3.63, 3.8) is 0 Å². The molecular weight excluding hydrogens is 400 g/mol. The largest absolute Gasteiger partial charge is 0.481 e. The Balaban J connectivity index is 0.00000320. The number of carboxylic acids is 1. The Morgan fingerprint density at radius 1 is 1.00 bits per heavy atom. The summed E-state index contributed by atoms with van der Waals surface area (Å²) in [6.45, 7) is 4.83. The van der Waals surface area contributed by atoms with E-state index in [0.29, 0.717) is 13.2 Å². The van der Waals surface area contributed by atoms with Crippen molar-refractivity contribution in [3.8, 4) is 0 Å². The maximum absolute atomic E-state index is 11.1. The van der Waals surface area contributed by atoms with Crippen molar-refractivity contribution >= 4 is 29.8 Å². The number of likely N-dealkylation sites (tertiary alicyclic amines) is 1. The Hall–Kier alpha value is -2.08. The number of piperidine rings is 1. The third kappa shape index (κ3) is 7.63. The number of para-hydroxylation sites is 2. The molecule has 2 aromatic rings. The van der Waals surface area contributed by atoms with Gasteiger partial charge in [0.2, 0.25) is 0 Å². The number of unbranched alkanes of at least 4 members (excludes halogenated alkanes) is 1. The molecule has 2 aromatic carbocycles. The summed E-state index contributed by atoms with van der Waals surface area (Å²) in [5.41, 5.74) is 2.41. The van der Waals surface area contributed by atoms with Crippen molar-refractivity contribution < 1.29 is 14.6 Å². The molecule has 0 saturated carbocycles. The van der Waals surface area contributed by atoms with E-state index >= 15 is 0 Å². The van der Waals surface area contributed by atoms with Crippen molar-refractivity contribution in [1.29, 1.82) is 0 Å². The van der Waals surface area contributed by atoms with Crippen LogP contribution in [0.5, 0.6) is 0 Å². The van der Waals surface area contributed by atoms with Crippen LogP contribution in [0.15, 0.2) is 60.7 Å². The van der Waals surface area contributed by atoms with E-state index in [1.807, 2.05) is 12.1 Å². The highest BCUT2D eigenvalue weighted by molar-refractivity contribution is 5.85. The van der Waals surface area contributed by atoms with Crippen LogP contribution >= 0.6 is 12.4 Å². The maximum Gasteiger partial charge on any atom is 0.307 e. The van der Waals surface area contributed by atoms with Gasteiger partial charge in [-0.05, 0) is 56.5 Å². The predicted molar refractivity (Wildman–Crippen MR) is 124 cm³/mol. The van der Waals surface area contributed by atoms with Crippen LogP contribution in [0, 0.1) is 5.92 Å². The van der Waals surface area contributed by atoms with Gasteiger partial charge in [0.15, 0.2) is 0 Å². The third-order valence-corrected chi connectivity index (χ3v) is 5.46. The van der Waals surface area contributed by atoms with Gasteiger partial charge in [-0.15, -0.1) is 12.4 Å². The third-order valence-electron chi connectivity index (χ3n) is 5.46. The zero-order valence-electron chi connectivity index (χ0n) is 17.5. The second kappa shape index (κ2) is 13.3. The number of ether oxygens (including phenoxy) is 1. The van der Waals surface area contributed by atoms with Gasteiger partial charge in [0.1, 0.15) is 0 Å². The number of hydrogen-bond donors (Lipinski definition) is 1. The lowest BCUT2D eigenvalue weighted by molar-refractivity contribution is -0.143. The molecule has 3 rings (SSSR count). The van der Waals surface area contributed by atoms with Crippen LogP contribution in [-0.2, 0) is 9.53 Å². The van der Waals surface area contributed by atoms with Gasteiger partial charge in [0, 0.05) is 37.6 Å². The van der Waals surface area contributed by atoms with Gasteiger partial charge in [-0.25, -0.2) is 0 Å². The van der Waals surface area contributed by atoms with Crippen LogP contribution in [0.25, 0.3) is 0 Å². The highest BCUT2D eigenvalue weighted by Crippen LogP contribution is 2.25. The molecule has 1 atom stereocenters. The smallest absolute Gasteiger partial charge is 0.307 e. The van der Waals surface area contributed by atoms with Crippen molar-refractivity contribution in [1.82, 2.24) is 4.90 Å². The Bertz CT molecular complexity index is 690. The average Bonchev–Trinajstić information content (AvgIpc) is 2.77. The second-order valence-electron chi connectivity index (χ2n) is 7.62. The summed E-state index contributed by atoms with van der Waals surface area (Å²) in [7, 11) is 0. The topological polar surface area (TPSA) is 53.0 Å². The SMILES string of the molecule is Cl.O=C(O)[C@@H]1CCCN(CCOCCCCN(c2ccccc2)c2ccccc2)C1. The molecule has 1 N–H and O–H groups in total. The molecule has 1 saturated heterocycles. The lowest BCUT2D eigenvalue weighted by Gasteiger charge is -2.30. The number of benzene rings is 2. The van der Waals surface area contributed by atoms with Gasteiger partial charge in [0.25, 0.3) is 0 Å². The zero-order valence-corrected chi connectivity index (χ0v) is 18.3. The number of carboxylic acid groups (broad SMARTS) is 1. The summed E-state index contributed by atoms with van der Waals surface area (Å²) in [4.78, 5) is 15.7. The highest BCUT2D eigenvalue weighted by Gasteiger charge is 2.24. The van der Waals surface area contributed by atoms with Crippen LogP contribution in [0.1, 0.15) is 25.7 Å². The molecule has 5 nitrogen and oxygen atoms in total. The number of aliphatic carboxylic acids is 1. The summed E-state index contributed by atoms with van der Waals surface area (Å²) in [6, 6.07) is 21.0. The fourth-order valence-corrected chi connectivity index (χ4v) is 3.85. The van der Waals surface area contributed by atoms with Crippen molar-refractivity contribution in [2.45, 2.75) is 25.7 Å². The standard InChI is InChI=1S/C24H32N2O3.ClH/c27-24(28)21-10-9-15-25(20-21)17-19-29-18-8-7-16-26(22-11-3-1-4-12-22)23-13-5-2-6-14-23;/h1-6,11-14,21H,7-10,15-20H2,(H,27,28);1H/t21-;/m1./s1. The monoisotopic (exact) mass is 432 g/mol. The van der Waals surface area contributed by atoms with E-state index in [1.54, 1.807) is 0 Å². The van der Waals surface area contributed by atoms with E-state index in [4.69, 9.17) is 4.74 Å². The number of nitrogens with zero attached hydrogens (tertiary/aromatic N) is 2.